The summed E-state index contributed by atoms with van der Waals surface area (Å²) in [6.45, 7) is 9.88. The predicted octanol–water partition coefficient (Wildman–Crippen LogP) is 1.38. The summed E-state index contributed by atoms with van der Waals surface area (Å²) >= 11 is 5.35. The van der Waals surface area contributed by atoms with Crippen LogP contribution in [-0.2, 0) is 4.74 Å². The summed E-state index contributed by atoms with van der Waals surface area (Å²) in [5.74, 6) is 0. The standard InChI is InChI=1S/C10H20N2OS/c1-4-10(2,3)11-9(14)12-5-7-13-8-6-12/h4-8H2,1-3H3,(H,11,14). The van der Waals surface area contributed by atoms with E-state index in [4.69, 9.17) is 17.0 Å². The number of nitrogens with one attached hydrogen (secondary N) is 1. The van der Waals surface area contributed by atoms with Crippen molar-refractivity contribution in [1.29, 1.82) is 0 Å². The first-order chi connectivity index (χ1) is 6.55. The highest BCUT2D eigenvalue weighted by Crippen LogP contribution is 2.08. The first kappa shape index (κ1) is 11.7. The molecule has 3 nitrogen and oxygen atoms in total. The maximum atomic E-state index is 5.35. The number of hydrogen-bond acceptors (Lipinski definition) is 2. The van der Waals surface area contributed by atoms with Crippen LogP contribution in [0, 0.1) is 0 Å². The van der Waals surface area contributed by atoms with Gasteiger partial charge in [-0.05, 0) is 32.5 Å². The molecule has 0 amide bonds. The van der Waals surface area contributed by atoms with Gasteiger partial charge in [-0.25, -0.2) is 0 Å². The number of nitrogens with zero attached hydrogens (tertiary/aromatic N) is 1. The minimum atomic E-state index is 0.0926. The molecular weight excluding hydrogens is 196 g/mol. The van der Waals surface area contributed by atoms with Gasteiger partial charge >= 0.3 is 0 Å². The van der Waals surface area contributed by atoms with Gasteiger partial charge in [0.25, 0.3) is 0 Å². The van der Waals surface area contributed by atoms with Crippen molar-refractivity contribution in [1.82, 2.24) is 10.2 Å². The van der Waals surface area contributed by atoms with Gasteiger partial charge in [0.05, 0.1) is 13.2 Å². The Morgan fingerprint density at radius 3 is 2.50 bits per heavy atom. The van der Waals surface area contributed by atoms with Gasteiger partial charge in [0, 0.05) is 18.6 Å². The predicted molar refractivity (Wildman–Crippen MR) is 62.5 cm³/mol. The van der Waals surface area contributed by atoms with Gasteiger partial charge in [-0.3, -0.25) is 0 Å². The molecule has 1 N–H and O–H groups in total. The summed E-state index contributed by atoms with van der Waals surface area (Å²) < 4.78 is 5.28. The lowest BCUT2D eigenvalue weighted by atomic mass is 10.0. The molecule has 0 aromatic heterocycles. The molecule has 0 saturated carbocycles. The van der Waals surface area contributed by atoms with Crippen LogP contribution in [0.2, 0.25) is 0 Å². The van der Waals surface area contributed by atoms with E-state index in [-0.39, 0.29) is 5.54 Å². The molecule has 0 atom stereocenters. The van der Waals surface area contributed by atoms with E-state index in [1.165, 1.54) is 0 Å². The lowest BCUT2D eigenvalue weighted by Crippen LogP contribution is -2.52. The molecule has 1 saturated heterocycles. The minimum absolute atomic E-state index is 0.0926. The van der Waals surface area contributed by atoms with Crippen molar-refractivity contribution in [2.24, 2.45) is 0 Å². The molecule has 0 bridgehead atoms. The maximum absolute atomic E-state index is 5.35. The van der Waals surface area contributed by atoms with Crippen molar-refractivity contribution >= 4 is 17.3 Å². The Bertz CT molecular complexity index is 200. The first-order valence-corrected chi connectivity index (χ1v) is 5.61. The number of ether oxygens (including phenoxy) is 1. The molecule has 4 heteroatoms. The second kappa shape index (κ2) is 4.94. The van der Waals surface area contributed by atoms with Gasteiger partial charge in [0.2, 0.25) is 0 Å². The van der Waals surface area contributed by atoms with E-state index in [2.05, 4.69) is 31.0 Å². The largest absolute Gasteiger partial charge is 0.378 e. The summed E-state index contributed by atoms with van der Waals surface area (Å²) in [5, 5.41) is 4.24. The van der Waals surface area contributed by atoms with Crippen LogP contribution in [0.4, 0.5) is 0 Å². The van der Waals surface area contributed by atoms with Crippen molar-refractivity contribution in [2.45, 2.75) is 32.7 Å². The molecule has 0 aliphatic carbocycles. The fraction of sp³-hybridized carbons (Fsp3) is 0.900. The number of rotatable bonds is 2. The molecule has 0 aromatic carbocycles. The van der Waals surface area contributed by atoms with Gasteiger partial charge in [0.1, 0.15) is 0 Å². The van der Waals surface area contributed by atoms with E-state index in [0.29, 0.717) is 0 Å². The third kappa shape index (κ3) is 3.42. The summed E-state index contributed by atoms with van der Waals surface area (Å²) in [7, 11) is 0. The lowest BCUT2D eigenvalue weighted by Gasteiger charge is -2.34. The Kier molecular flexibility index (Phi) is 4.13. The fourth-order valence-electron chi connectivity index (χ4n) is 1.22. The van der Waals surface area contributed by atoms with Gasteiger partial charge in [-0.2, -0.15) is 0 Å². The quantitative estimate of drug-likeness (QED) is 0.705. The average Bonchev–Trinajstić information content (AvgIpc) is 2.19. The van der Waals surface area contributed by atoms with E-state index in [0.717, 1.165) is 37.8 Å². The summed E-state index contributed by atoms with van der Waals surface area (Å²) in [6.07, 6.45) is 1.07. The molecule has 0 aromatic rings. The smallest absolute Gasteiger partial charge is 0.169 e. The Balaban J connectivity index is 2.40. The lowest BCUT2D eigenvalue weighted by molar-refractivity contribution is 0.0669. The van der Waals surface area contributed by atoms with Crippen LogP contribution in [0.5, 0.6) is 0 Å². The summed E-state index contributed by atoms with van der Waals surface area (Å²) in [4.78, 5) is 2.18. The SMILES string of the molecule is CCC(C)(C)NC(=S)N1CCOCC1. The topological polar surface area (TPSA) is 24.5 Å². The third-order valence-corrected chi connectivity index (χ3v) is 2.99. The molecule has 1 aliphatic rings. The summed E-state index contributed by atoms with van der Waals surface area (Å²) in [5.41, 5.74) is 0.0926. The Morgan fingerprint density at radius 2 is 2.00 bits per heavy atom. The van der Waals surface area contributed by atoms with Crippen LogP contribution in [-0.4, -0.2) is 41.9 Å². The molecular formula is C10H20N2OS. The molecule has 14 heavy (non-hydrogen) atoms. The second-order valence-corrected chi connectivity index (χ2v) is 4.65. The highest BCUT2D eigenvalue weighted by molar-refractivity contribution is 7.80. The van der Waals surface area contributed by atoms with Gasteiger partial charge in [-0.1, -0.05) is 6.92 Å². The zero-order chi connectivity index (χ0) is 10.6. The van der Waals surface area contributed by atoms with Crippen LogP contribution in [0.1, 0.15) is 27.2 Å². The average molecular weight is 216 g/mol. The number of hydrogen-bond donors (Lipinski definition) is 1. The zero-order valence-electron chi connectivity index (χ0n) is 9.30. The van der Waals surface area contributed by atoms with Crippen LogP contribution in [0.15, 0.2) is 0 Å². The third-order valence-electron chi connectivity index (χ3n) is 2.63. The van der Waals surface area contributed by atoms with E-state index < -0.39 is 0 Å². The number of morpholine rings is 1. The minimum Gasteiger partial charge on any atom is -0.378 e. The van der Waals surface area contributed by atoms with Gasteiger partial charge < -0.3 is 15.0 Å². The highest BCUT2D eigenvalue weighted by atomic mass is 32.1. The van der Waals surface area contributed by atoms with Crippen LogP contribution < -0.4 is 5.32 Å². The van der Waals surface area contributed by atoms with Crippen LogP contribution in [0.3, 0.4) is 0 Å². The molecule has 1 fully saturated rings. The molecule has 0 unspecified atom stereocenters. The molecule has 1 aliphatic heterocycles. The molecule has 1 rings (SSSR count). The van der Waals surface area contributed by atoms with Crippen molar-refractivity contribution in [3.05, 3.63) is 0 Å². The summed E-state index contributed by atoms with van der Waals surface area (Å²) in [6, 6.07) is 0. The Labute approximate surface area is 91.8 Å². The van der Waals surface area contributed by atoms with E-state index in [1.54, 1.807) is 0 Å². The first-order valence-electron chi connectivity index (χ1n) is 5.20. The monoisotopic (exact) mass is 216 g/mol. The van der Waals surface area contributed by atoms with Crippen molar-refractivity contribution in [3.8, 4) is 0 Å². The van der Waals surface area contributed by atoms with Crippen molar-refractivity contribution < 1.29 is 4.74 Å². The second-order valence-electron chi connectivity index (χ2n) is 4.27. The fourth-order valence-corrected chi connectivity index (χ4v) is 1.68. The van der Waals surface area contributed by atoms with Crippen molar-refractivity contribution in [3.63, 3.8) is 0 Å². The van der Waals surface area contributed by atoms with Gasteiger partial charge in [-0.15, -0.1) is 0 Å². The van der Waals surface area contributed by atoms with Crippen molar-refractivity contribution in [2.75, 3.05) is 26.3 Å². The maximum Gasteiger partial charge on any atom is 0.169 e. The van der Waals surface area contributed by atoms with E-state index >= 15 is 0 Å². The number of thiocarbonyl (C=S) groups is 1. The Hall–Kier alpha value is -0.350. The van der Waals surface area contributed by atoms with Crippen LogP contribution >= 0.6 is 12.2 Å². The van der Waals surface area contributed by atoms with E-state index in [1.807, 2.05) is 0 Å². The zero-order valence-corrected chi connectivity index (χ0v) is 10.1. The van der Waals surface area contributed by atoms with Gasteiger partial charge in [0.15, 0.2) is 5.11 Å². The normalized spacial score (nSPS) is 18.1. The highest BCUT2D eigenvalue weighted by Gasteiger charge is 2.20. The molecule has 0 spiro atoms. The van der Waals surface area contributed by atoms with E-state index in [9.17, 15) is 0 Å². The molecule has 82 valence electrons. The molecule has 0 radical (unpaired) electrons. The Morgan fingerprint density at radius 1 is 1.43 bits per heavy atom. The van der Waals surface area contributed by atoms with Crippen LogP contribution in [0.25, 0.3) is 0 Å². The molecule has 1 heterocycles.